The lowest BCUT2D eigenvalue weighted by molar-refractivity contribution is -0.772. The van der Waals surface area contributed by atoms with Crippen molar-refractivity contribution in [2.75, 3.05) is 25.1 Å². The predicted octanol–water partition coefficient (Wildman–Crippen LogP) is -3.35. The first-order valence-electron chi connectivity index (χ1n) is 10.1. The number of hydrogen-bond donors (Lipinski definition) is 3. The van der Waals surface area contributed by atoms with Crippen molar-refractivity contribution < 1.29 is 33.7 Å². The maximum absolute atomic E-state index is 13.0. The number of nitrogen functional groups attached to an aromatic ring is 1. The summed E-state index contributed by atoms with van der Waals surface area (Å²) in [5.41, 5.74) is 7.97. The van der Waals surface area contributed by atoms with Crippen molar-refractivity contribution in [3.05, 3.63) is 29.2 Å². The molecule has 0 aromatic carbocycles. The fourth-order valence-corrected chi connectivity index (χ4v) is 5.79. The Kier molecular flexibility index (Phi) is 5.77. The summed E-state index contributed by atoms with van der Waals surface area (Å²) in [6.07, 6.45) is 4.13. The Hall–Kier alpha value is -4.16. The second-order valence-electron chi connectivity index (χ2n) is 7.70. The lowest BCUT2D eigenvalue weighted by atomic mass is 10.0. The molecule has 4 aliphatic rings. The topological polar surface area (TPSA) is 217 Å². The molecule has 16 nitrogen and oxygen atoms in total. The minimum Gasteiger partial charge on any atom is -0.543 e. The molecule has 5 rings (SSSR count). The number of carboxylic acids is 1. The van der Waals surface area contributed by atoms with Crippen LogP contribution in [0.5, 0.6) is 0 Å². The summed E-state index contributed by atoms with van der Waals surface area (Å²) >= 11 is 2.09. The Bertz CT molecular complexity index is 1350. The highest BCUT2D eigenvalue weighted by molar-refractivity contribution is 8.00. The number of amidine groups is 1. The molecule has 36 heavy (non-hydrogen) atoms. The van der Waals surface area contributed by atoms with E-state index in [0.29, 0.717) is 11.4 Å². The van der Waals surface area contributed by atoms with Gasteiger partial charge in [-0.25, -0.2) is 0 Å². The van der Waals surface area contributed by atoms with Crippen LogP contribution in [0.2, 0.25) is 0 Å². The van der Waals surface area contributed by atoms with Crippen molar-refractivity contribution in [1.29, 1.82) is 0 Å². The Labute approximate surface area is 210 Å². The van der Waals surface area contributed by atoms with Crippen LogP contribution in [-0.2, 0) is 24.0 Å². The number of carbonyl (C=O) groups excluding carboxylic acids is 4. The molecule has 0 radical (unpaired) electrons. The molecule has 0 bridgehead atoms. The van der Waals surface area contributed by atoms with Gasteiger partial charge in [0.2, 0.25) is 17.9 Å². The molecule has 186 valence electrons. The molecule has 4 aliphatic heterocycles. The minimum absolute atomic E-state index is 0.0379. The number of fused-ring (bicyclic) bond motifs is 2. The Balaban J connectivity index is 1.37. The third-order valence-electron chi connectivity index (χ3n) is 5.53. The van der Waals surface area contributed by atoms with Crippen molar-refractivity contribution in [2.45, 2.75) is 11.4 Å². The zero-order valence-corrected chi connectivity index (χ0v) is 19.9. The number of anilines is 1. The average molecular weight is 533 g/mol. The first-order chi connectivity index (χ1) is 17.2. The predicted molar refractivity (Wildman–Crippen MR) is 123 cm³/mol. The molecule has 1 aromatic heterocycles. The largest absolute Gasteiger partial charge is 0.543 e. The number of carboxylic acid groups (broad SMARTS) is 1. The fourth-order valence-electron chi connectivity index (χ4n) is 4.02. The number of thioether (sulfide) groups is 1. The molecule has 5 heterocycles. The molecule has 4 N–H and O–H groups in total. The standard InChI is InChI=1S/C18H16N10O6S2/c1-34-25-10(13-22-18(19)36-26-13)14(30)21-11-15(31)27-12(17(32)33)7(5-35-16(11)27)4-28-6-20-23-8(28)2-3-9(29)24-28/h2-3,6,11,16H,4-5H2,1H3,(H4-,19,21,22,24,26,29,30,32,33)/b25-10-/t11-,16?,28?/m1/s1. The maximum atomic E-state index is 13.0. The molecule has 1 fully saturated rings. The Morgan fingerprint density at radius 3 is 2.92 bits per heavy atom. The van der Waals surface area contributed by atoms with E-state index in [0.717, 1.165) is 16.4 Å². The highest BCUT2D eigenvalue weighted by atomic mass is 32.2. The van der Waals surface area contributed by atoms with Gasteiger partial charge in [0.25, 0.3) is 23.6 Å². The van der Waals surface area contributed by atoms with Crippen LogP contribution in [0.4, 0.5) is 5.13 Å². The van der Waals surface area contributed by atoms with Gasteiger partial charge < -0.3 is 25.8 Å². The second-order valence-corrected chi connectivity index (χ2v) is 9.59. The SMILES string of the molecule is CO/N=C(\C(=O)N[C@@H]1C(=O)N2C(C(=O)[O-])=C(C[N+]34C=NN=C3C=CC(=O)N4)CSC12)c1nsc(N)n1. The molecular formula is C18H16N10O6S2. The molecular weight excluding hydrogens is 516 g/mol. The fraction of sp³-hybridized carbons (Fsp3) is 0.278. The van der Waals surface area contributed by atoms with Crippen LogP contribution in [0.25, 0.3) is 0 Å². The van der Waals surface area contributed by atoms with Gasteiger partial charge in [0.1, 0.15) is 25.1 Å². The minimum atomic E-state index is -1.57. The van der Waals surface area contributed by atoms with Gasteiger partial charge in [-0.3, -0.25) is 19.3 Å². The lowest BCUT2D eigenvalue weighted by Crippen LogP contribution is -2.72. The highest BCUT2D eigenvalue weighted by Gasteiger charge is 2.54. The molecule has 1 saturated heterocycles. The summed E-state index contributed by atoms with van der Waals surface area (Å²) in [7, 11) is 1.22. The van der Waals surface area contributed by atoms with Crippen molar-refractivity contribution in [3.8, 4) is 0 Å². The van der Waals surface area contributed by atoms with Crippen molar-refractivity contribution in [3.63, 3.8) is 0 Å². The normalized spacial score (nSPS) is 26.6. The number of quaternary nitrogens is 1. The van der Waals surface area contributed by atoms with E-state index in [2.05, 4.69) is 35.5 Å². The zero-order valence-electron chi connectivity index (χ0n) is 18.3. The number of oxime groups is 1. The number of β-lactam (4-membered cyclic amide) rings is 1. The average Bonchev–Trinajstić information content (AvgIpc) is 3.45. The van der Waals surface area contributed by atoms with E-state index in [1.54, 1.807) is 0 Å². The Morgan fingerprint density at radius 2 is 2.22 bits per heavy atom. The van der Waals surface area contributed by atoms with E-state index < -0.39 is 35.1 Å². The molecule has 2 unspecified atom stereocenters. The van der Waals surface area contributed by atoms with Crippen LogP contribution in [0.1, 0.15) is 5.82 Å². The monoisotopic (exact) mass is 532 g/mol. The van der Waals surface area contributed by atoms with E-state index in [-0.39, 0.29) is 39.3 Å². The van der Waals surface area contributed by atoms with Gasteiger partial charge in [0, 0.05) is 35.0 Å². The van der Waals surface area contributed by atoms with Crippen LogP contribution in [0.3, 0.4) is 0 Å². The van der Waals surface area contributed by atoms with Gasteiger partial charge in [0.05, 0.1) is 11.7 Å². The molecule has 0 aliphatic carbocycles. The molecule has 0 saturated carbocycles. The van der Waals surface area contributed by atoms with Gasteiger partial charge >= 0.3 is 0 Å². The third-order valence-corrected chi connectivity index (χ3v) is 7.41. The number of rotatable bonds is 7. The lowest BCUT2D eigenvalue weighted by Gasteiger charge is -2.51. The number of aromatic nitrogens is 2. The summed E-state index contributed by atoms with van der Waals surface area (Å²) in [5, 5.41) is 25.5. The van der Waals surface area contributed by atoms with Crippen LogP contribution in [-0.4, -0.2) is 91.2 Å². The third kappa shape index (κ3) is 3.80. The number of amides is 3. The smallest absolute Gasteiger partial charge is 0.289 e. The van der Waals surface area contributed by atoms with Crippen LogP contribution in [0.15, 0.2) is 38.8 Å². The van der Waals surface area contributed by atoms with E-state index in [1.807, 2.05) is 0 Å². The van der Waals surface area contributed by atoms with Crippen molar-refractivity contribution >= 4 is 70.0 Å². The molecule has 3 amide bonds. The van der Waals surface area contributed by atoms with Gasteiger partial charge in [-0.2, -0.15) is 14.8 Å². The van der Waals surface area contributed by atoms with Crippen LogP contribution < -0.4 is 21.6 Å². The van der Waals surface area contributed by atoms with Gasteiger partial charge in [0.15, 0.2) is 5.13 Å². The van der Waals surface area contributed by atoms with Gasteiger partial charge in [-0.15, -0.1) is 16.4 Å². The number of nitrogens with two attached hydrogens (primary N) is 1. The molecule has 3 atom stereocenters. The van der Waals surface area contributed by atoms with E-state index in [1.165, 1.54) is 37.4 Å². The van der Waals surface area contributed by atoms with Crippen LogP contribution >= 0.6 is 23.3 Å². The number of nitrogens with one attached hydrogen (secondary N) is 2. The van der Waals surface area contributed by atoms with Gasteiger partial charge in [-0.1, -0.05) is 15.4 Å². The van der Waals surface area contributed by atoms with E-state index in [4.69, 9.17) is 10.6 Å². The number of hydrogen-bond acceptors (Lipinski definition) is 14. The Morgan fingerprint density at radius 1 is 1.42 bits per heavy atom. The first-order valence-corrected chi connectivity index (χ1v) is 12.0. The quantitative estimate of drug-likeness (QED) is 0.137. The molecule has 0 spiro atoms. The maximum Gasteiger partial charge on any atom is 0.289 e. The van der Waals surface area contributed by atoms with E-state index >= 15 is 0 Å². The van der Waals surface area contributed by atoms with Crippen molar-refractivity contribution in [1.82, 2.24) is 25.0 Å². The number of aliphatic carboxylic acids is 1. The second kappa shape index (κ2) is 8.81. The highest BCUT2D eigenvalue weighted by Crippen LogP contribution is 2.41. The van der Waals surface area contributed by atoms with E-state index in [9.17, 15) is 24.3 Å². The number of carbonyl (C=O) groups is 4. The summed E-state index contributed by atoms with van der Waals surface area (Å²) in [6.45, 7) is -0.0379. The summed E-state index contributed by atoms with van der Waals surface area (Å²) in [6, 6.07) is -1.05. The summed E-state index contributed by atoms with van der Waals surface area (Å²) in [4.78, 5) is 59.6. The number of nitrogens with zero attached hydrogens (tertiary/aromatic N) is 7. The first kappa shape index (κ1) is 23.6. The van der Waals surface area contributed by atoms with Crippen molar-refractivity contribution in [2.24, 2.45) is 15.4 Å². The summed E-state index contributed by atoms with van der Waals surface area (Å²) < 4.78 is 3.60. The zero-order chi connectivity index (χ0) is 25.6. The van der Waals surface area contributed by atoms with Gasteiger partial charge in [-0.05, 0) is 0 Å². The molecule has 18 heteroatoms. The van der Waals surface area contributed by atoms with Crippen LogP contribution in [0, 0.1) is 0 Å². The summed E-state index contributed by atoms with van der Waals surface area (Å²) in [5.74, 6) is -2.96. The molecule has 1 aromatic rings.